The molecule has 0 radical (unpaired) electrons. The van der Waals surface area contributed by atoms with Crippen molar-refractivity contribution in [3.63, 3.8) is 0 Å². The Hall–Kier alpha value is -1.02. The number of benzene rings is 1. The van der Waals surface area contributed by atoms with Crippen LogP contribution in [0.2, 0.25) is 0 Å². The van der Waals surface area contributed by atoms with Crippen LogP contribution in [0.1, 0.15) is 20.3 Å². The molecule has 0 fully saturated rings. The summed E-state index contributed by atoms with van der Waals surface area (Å²) in [5.74, 6) is 0.868. The van der Waals surface area contributed by atoms with Gasteiger partial charge >= 0.3 is 0 Å². The topological polar surface area (TPSA) is 48.9 Å². The van der Waals surface area contributed by atoms with Crippen LogP contribution in [0.3, 0.4) is 0 Å². The summed E-state index contributed by atoms with van der Waals surface area (Å²) in [5, 5.41) is 6.60. The predicted octanol–water partition coefficient (Wildman–Crippen LogP) is 2.72. The van der Waals surface area contributed by atoms with Crippen LogP contribution in [-0.2, 0) is 4.74 Å². The van der Waals surface area contributed by atoms with E-state index in [9.17, 15) is 0 Å². The molecule has 0 spiro atoms. The highest BCUT2D eigenvalue weighted by atomic mass is 127. The monoisotopic (exact) mass is 434 g/mol. The van der Waals surface area contributed by atoms with E-state index in [0.29, 0.717) is 6.04 Å². The van der Waals surface area contributed by atoms with Crippen molar-refractivity contribution in [1.82, 2.24) is 10.6 Å². The van der Waals surface area contributed by atoms with E-state index < -0.39 is 0 Å². The molecule has 5 nitrogen and oxygen atoms in total. The Morgan fingerprint density at radius 1 is 1.26 bits per heavy atom. The molecule has 1 aromatic carbocycles. The molecule has 0 aromatic heterocycles. The smallest absolute Gasteiger partial charge is 0.191 e. The van der Waals surface area contributed by atoms with Crippen LogP contribution in [0.4, 0.5) is 5.69 Å². The van der Waals surface area contributed by atoms with Crippen LogP contribution in [0.5, 0.6) is 0 Å². The molecule has 0 bridgehead atoms. The van der Waals surface area contributed by atoms with E-state index in [-0.39, 0.29) is 24.0 Å². The van der Waals surface area contributed by atoms with Gasteiger partial charge in [-0.15, -0.1) is 24.0 Å². The first-order valence-corrected chi connectivity index (χ1v) is 7.98. The molecule has 6 heteroatoms. The van der Waals surface area contributed by atoms with Gasteiger partial charge in [0.05, 0.1) is 6.54 Å². The molecule has 132 valence electrons. The van der Waals surface area contributed by atoms with Gasteiger partial charge in [-0.1, -0.05) is 18.2 Å². The highest BCUT2D eigenvalue weighted by Crippen LogP contribution is 2.13. The number of halogens is 1. The van der Waals surface area contributed by atoms with Gasteiger partial charge in [0.15, 0.2) is 5.96 Å². The van der Waals surface area contributed by atoms with E-state index in [2.05, 4.69) is 65.7 Å². The number of methoxy groups -OCH3 is 1. The summed E-state index contributed by atoms with van der Waals surface area (Å²) in [6, 6.07) is 10.7. The van der Waals surface area contributed by atoms with Crippen molar-refractivity contribution in [3.8, 4) is 0 Å². The molecular weight excluding hydrogens is 403 g/mol. The highest BCUT2D eigenvalue weighted by Gasteiger charge is 2.09. The second kappa shape index (κ2) is 13.4. The Kier molecular flexibility index (Phi) is 12.8. The van der Waals surface area contributed by atoms with E-state index in [0.717, 1.165) is 38.6 Å². The number of likely N-dealkylation sites (N-methyl/N-ethyl adjacent to an activating group) is 1. The number of anilines is 1. The number of rotatable bonds is 9. The van der Waals surface area contributed by atoms with Gasteiger partial charge in [0, 0.05) is 45.6 Å². The minimum atomic E-state index is 0. The molecule has 0 aliphatic heterocycles. The first kappa shape index (κ1) is 22.0. The molecule has 2 N–H and O–H groups in total. The fourth-order valence-corrected chi connectivity index (χ4v) is 2.03. The van der Waals surface area contributed by atoms with Gasteiger partial charge in [-0.3, -0.25) is 4.99 Å². The van der Waals surface area contributed by atoms with Crippen LogP contribution in [-0.4, -0.2) is 52.4 Å². The molecule has 0 saturated carbocycles. The maximum absolute atomic E-state index is 5.06. The van der Waals surface area contributed by atoms with Gasteiger partial charge in [-0.05, 0) is 32.4 Å². The Morgan fingerprint density at radius 2 is 1.96 bits per heavy atom. The van der Waals surface area contributed by atoms with Gasteiger partial charge in [-0.25, -0.2) is 0 Å². The van der Waals surface area contributed by atoms with Crippen molar-refractivity contribution in [2.24, 2.45) is 4.99 Å². The molecule has 1 rings (SSSR count). The summed E-state index contributed by atoms with van der Waals surface area (Å²) in [6.45, 7) is 7.49. The number of nitrogens with zero attached hydrogens (tertiary/aromatic N) is 2. The maximum Gasteiger partial charge on any atom is 0.191 e. The van der Waals surface area contributed by atoms with Gasteiger partial charge in [0.2, 0.25) is 0 Å². The van der Waals surface area contributed by atoms with Crippen LogP contribution >= 0.6 is 24.0 Å². The Balaban J connectivity index is 0.00000484. The molecule has 0 aliphatic rings. The van der Waals surface area contributed by atoms with Crippen LogP contribution < -0.4 is 15.5 Å². The minimum absolute atomic E-state index is 0. The fourth-order valence-electron chi connectivity index (χ4n) is 2.03. The molecule has 0 amide bonds. The van der Waals surface area contributed by atoms with Crippen LogP contribution in [0.25, 0.3) is 0 Å². The molecule has 1 unspecified atom stereocenters. The van der Waals surface area contributed by atoms with Gasteiger partial charge in [0.25, 0.3) is 0 Å². The number of ether oxygens (including phenoxy) is 1. The normalized spacial score (nSPS) is 12.3. The third-order valence-corrected chi connectivity index (χ3v) is 3.50. The number of nitrogens with one attached hydrogen (secondary N) is 2. The summed E-state index contributed by atoms with van der Waals surface area (Å²) >= 11 is 0. The summed E-state index contributed by atoms with van der Waals surface area (Å²) < 4.78 is 5.06. The first-order valence-electron chi connectivity index (χ1n) is 7.98. The molecule has 0 heterocycles. The number of guanidine groups is 1. The average molecular weight is 434 g/mol. The van der Waals surface area contributed by atoms with Crippen molar-refractivity contribution in [3.05, 3.63) is 30.3 Å². The molecule has 0 saturated heterocycles. The summed E-state index contributed by atoms with van der Waals surface area (Å²) in [4.78, 5) is 6.92. The summed E-state index contributed by atoms with van der Waals surface area (Å²) in [5.41, 5.74) is 1.21. The molecule has 1 aromatic rings. The number of hydrogen-bond donors (Lipinski definition) is 2. The quantitative estimate of drug-likeness (QED) is 0.272. The van der Waals surface area contributed by atoms with Crippen molar-refractivity contribution in [1.29, 1.82) is 0 Å². The fraction of sp³-hybridized carbons (Fsp3) is 0.588. The lowest BCUT2D eigenvalue weighted by Crippen LogP contribution is -2.39. The molecule has 1 atom stereocenters. The molecular formula is C17H31IN4O. The van der Waals surface area contributed by atoms with Gasteiger partial charge in [-0.2, -0.15) is 0 Å². The van der Waals surface area contributed by atoms with Crippen molar-refractivity contribution in [2.45, 2.75) is 26.3 Å². The third-order valence-electron chi connectivity index (χ3n) is 3.50. The number of hydrogen-bond acceptors (Lipinski definition) is 3. The SMILES string of the molecule is CCNC(=NCC(C)N(C)c1ccccc1)NCCCOC.I. The minimum Gasteiger partial charge on any atom is -0.385 e. The standard InChI is InChI=1S/C17H30N4O.HI/c1-5-18-17(19-12-9-13-22-4)20-14-15(2)21(3)16-10-7-6-8-11-16;/h6-8,10-11,15H,5,9,12-14H2,1-4H3,(H2,18,19,20);1H. The van der Waals surface area contributed by atoms with Crippen molar-refractivity contribution in [2.75, 3.05) is 45.3 Å². The zero-order valence-corrected chi connectivity index (χ0v) is 17.0. The van der Waals surface area contributed by atoms with E-state index in [1.165, 1.54) is 5.69 Å². The predicted molar refractivity (Wildman–Crippen MR) is 110 cm³/mol. The largest absolute Gasteiger partial charge is 0.385 e. The van der Waals surface area contributed by atoms with E-state index in [4.69, 9.17) is 4.74 Å². The number of aliphatic imine (C=N–C) groups is 1. The lowest BCUT2D eigenvalue weighted by Gasteiger charge is -2.26. The van der Waals surface area contributed by atoms with Gasteiger partial charge in [0.1, 0.15) is 0 Å². The van der Waals surface area contributed by atoms with E-state index >= 15 is 0 Å². The zero-order chi connectivity index (χ0) is 16.2. The molecule has 23 heavy (non-hydrogen) atoms. The lowest BCUT2D eigenvalue weighted by molar-refractivity contribution is 0.195. The third kappa shape index (κ3) is 9.00. The Labute approximate surface area is 157 Å². The highest BCUT2D eigenvalue weighted by molar-refractivity contribution is 14.0. The molecule has 0 aliphatic carbocycles. The van der Waals surface area contributed by atoms with Crippen LogP contribution in [0.15, 0.2) is 35.3 Å². The number of para-hydroxylation sites is 1. The average Bonchev–Trinajstić information content (AvgIpc) is 2.56. The second-order valence-electron chi connectivity index (χ2n) is 5.29. The van der Waals surface area contributed by atoms with E-state index in [1.54, 1.807) is 7.11 Å². The van der Waals surface area contributed by atoms with Crippen LogP contribution in [0, 0.1) is 0 Å². The Morgan fingerprint density at radius 3 is 2.57 bits per heavy atom. The van der Waals surface area contributed by atoms with E-state index in [1.807, 2.05) is 6.07 Å². The van der Waals surface area contributed by atoms with Gasteiger partial charge < -0.3 is 20.3 Å². The lowest BCUT2D eigenvalue weighted by atomic mass is 10.2. The summed E-state index contributed by atoms with van der Waals surface area (Å²) in [7, 11) is 3.83. The van der Waals surface area contributed by atoms with Crippen molar-refractivity contribution < 1.29 is 4.74 Å². The van der Waals surface area contributed by atoms with Crippen molar-refractivity contribution >= 4 is 35.6 Å². The first-order chi connectivity index (χ1) is 10.7. The Bertz CT molecular complexity index is 428. The second-order valence-corrected chi connectivity index (χ2v) is 5.29. The zero-order valence-electron chi connectivity index (χ0n) is 14.7. The maximum atomic E-state index is 5.06. The summed E-state index contributed by atoms with van der Waals surface area (Å²) in [6.07, 6.45) is 0.973.